The van der Waals surface area contributed by atoms with Crippen LogP contribution in [0.5, 0.6) is 0 Å². The number of benzene rings is 2. The molecule has 1 aliphatic heterocycles. The normalized spacial score (nSPS) is 14.3. The van der Waals surface area contributed by atoms with Gasteiger partial charge < -0.3 is 14.8 Å². The molecule has 1 N–H and O–H groups in total. The molecule has 0 radical (unpaired) electrons. The predicted molar refractivity (Wildman–Crippen MR) is 121 cm³/mol. The van der Waals surface area contributed by atoms with Crippen LogP contribution in [0.2, 0.25) is 0 Å². The van der Waals surface area contributed by atoms with Gasteiger partial charge in [-0.15, -0.1) is 0 Å². The minimum Gasteiger partial charge on any atom is -0.336 e. The highest BCUT2D eigenvalue weighted by molar-refractivity contribution is 6.00. The molecule has 0 aliphatic carbocycles. The first-order chi connectivity index (χ1) is 16.2. The lowest BCUT2D eigenvalue weighted by Crippen LogP contribution is -2.49. The van der Waals surface area contributed by atoms with Crippen molar-refractivity contribution in [2.75, 3.05) is 31.1 Å². The van der Waals surface area contributed by atoms with Gasteiger partial charge in [-0.25, -0.2) is 4.52 Å². The van der Waals surface area contributed by atoms with Crippen molar-refractivity contribution in [3.8, 4) is 5.69 Å². The average Bonchev–Trinajstić information content (AvgIpc) is 3.52. The molecule has 0 unspecified atom stereocenters. The summed E-state index contributed by atoms with van der Waals surface area (Å²) < 4.78 is 3.30. The number of hydrogen-bond donors (Lipinski definition) is 1. The Morgan fingerprint density at radius 2 is 1.70 bits per heavy atom. The summed E-state index contributed by atoms with van der Waals surface area (Å²) in [4.78, 5) is 32.4. The van der Waals surface area contributed by atoms with Crippen molar-refractivity contribution in [2.24, 2.45) is 0 Å². The largest absolute Gasteiger partial charge is 0.336 e. The van der Waals surface area contributed by atoms with E-state index in [2.05, 4.69) is 30.5 Å². The third-order valence-corrected chi connectivity index (χ3v) is 5.91. The van der Waals surface area contributed by atoms with E-state index < -0.39 is 0 Å². The number of hydrogen-bond acceptors (Lipinski definition) is 7. The molecule has 11 nitrogen and oxygen atoms in total. The van der Waals surface area contributed by atoms with Crippen molar-refractivity contribution in [1.82, 2.24) is 39.7 Å². The van der Waals surface area contributed by atoms with Gasteiger partial charge in [0.1, 0.15) is 11.2 Å². The Morgan fingerprint density at radius 1 is 0.939 bits per heavy atom. The van der Waals surface area contributed by atoms with Crippen LogP contribution in [0, 0.1) is 0 Å². The van der Waals surface area contributed by atoms with E-state index in [0.717, 1.165) is 5.69 Å². The highest BCUT2D eigenvalue weighted by Gasteiger charge is 2.27. The number of anilines is 1. The Kier molecular flexibility index (Phi) is 4.39. The Labute approximate surface area is 186 Å². The quantitative estimate of drug-likeness (QED) is 0.446. The molecular weight excluding hydrogens is 422 g/mol. The molecule has 0 saturated carbocycles. The van der Waals surface area contributed by atoms with Crippen molar-refractivity contribution < 1.29 is 4.79 Å². The number of tetrazole rings is 1. The van der Waals surface area contributed by atoms with Gasteiger partial charge in [-0.1, -0.05) is 35.4 Å². The van der Waals surface area contributed by atoms with E-state index in [9.17, 15) is 9.59 Å². The van der Waals surface area contributed by atoms with Crippen molar-refractivity contribution in [1.29, 1.82) is 0 Å². The topological polar surface area (TPSA) is 117 Å². The minimum atomic E-state index is -0.245. The SMILES string of the molecule is O=C(c1cnn2c1[nH]c(=O)c1ccccc12)N1CCN(c2nnnn2-c2ccccc2)CC1. The van der Waals surface area contributed by atoms with E-state index in [1.807, 2.05) is 42.5 Å². The van der Waals surface area contributed by atoms with Crippen LogP contribution < -0.4 is 10.5 Å². The van der Waals surface area contributed by atoms with E-state index in [1.54, 1.807) is 26.2 Å². The zero-order chi connectivity index (χ0) is 22.4. The third kappa shape index (κ3) is 3.13. The standard InChI is InChI=1S/C22H19N9O2/c32-20-16-8-4-5-9-18(16)31-19(24-20)17(14-23-31)21(33)28-10-12-29(13-11-28)22-25-26-27-30(22)15-6-2-1-3-7-15/h1-9,14H,10-13H2,(H,24,32). The third-order valence-electron chi connectivity index (χ3n) is 5.91. The van der Waals surface area contributed by atoms with Gasteiger partial charge >= 0.3 is 0 Å². The predicted octanol–water partition coefficient (Wildman–Crippen LogP) is 1.11. The zero-order valence-electron chi connectivity index (χ0n) is 17.5. The number of amides is 1. The van der Waals surface area contributed by atoms with Crippen LogP contribution in [0.4, 0.5) is 5.95 Å². The lowest BCUT2D eigenvalue weighted by atomic mass is 10.2. The Morgan fingerprint density at radius 3 is 2.52 bits per heavy atom. The summed E-state index contributed by atoms with van der Waals surface area (Å²) in [5.41, 5.74) is 2.07. The summed E-state index contributed by atoms with van der Waals surface area (Å²) in [7, 11) is 0. The molecule has 1 amide bonds. The smallest absolute Gasteiger partial charge is 0.259 e. The van der Waals surface area contributed by atoms with Crippen LogP contribution in [-0.2, 0) is 0 Å². The van der Waals surface area contributed by atoms with E-state index in [4.69, 9.17) is 0 Å². The van der Waals surface area contributed by atoms with Gasteiger partial charge in [-0.05, 0) is 34.7 Å². The highest BCUT2D eigenvalue weighted by Crippen LogP contribution is 2.20. The second kappa shape index (κ2) is 7.55. The molecule has 11 heteroatoms. The van der Waals surface area contributed by atoms with Gasteiger partial charge in [0.15, 0.2) is 0 Å². The number of piperazine rings is 1. The molecule has 2 aromatic carbocycles. The minimum absolute atomic E-state index is 0.168. The number of aromatic amines is 1. The highest BCUT2D eigenvalue weighted by atomic mass is 16.2. The van der Waals surface area contributed by atoms with Crippen LogP contribution in [-0.4, -0.2) is 71.8 Å². The number of nitrogens with zero attached hydrogens (tertiary/aromatic N) is 8. The van der Waals surface area contributed by atoms with Gasteiger partial charge in [-0.2, -0.15) is 9.78 Å². The lowest BCUT2D eigenvalue weighted by molar-refractivity contribution is 0.0748. The summed E-state index contributed by atoms with van der Waals surface area (Å²) in [6, 6.07) is 16.9. The summed E-state index contributed by atoms with van der Waals surface area (Å²) in [5.74, 6) is 0.471. The molecule has 1 aliphatic rings. The average molecular weight is 441 g/mol. The molecule has 164 valence electrons. The number of aromatic nitrogens is 7. The Bertz CT molecular complexity index is 1530. The maximum Gasteiger partial charge on any atom is 0.259 e. The lowest BCUT2D eigenvalue weighted by Gasteiger charge is -2.34. The summed E-state index contributed by atoms with van der Waals surface area (Å²) >= 11 is 0. The van der Waals surface area contributed by atoms with Crippen molar-refractivity contribution in [3.05, 3.63) is 76.7 Å². The number of para-hydroxylation sites is 2. The summed E-state index contributed by atoms with van der Waals surface area (Å²) in [6.45, 7) is 2.15. The molecule has 0 spiro atoms. The Hall–Kier alpha value is -4.54. The number of fused-ring (bicyclic) bond motifs is 3. The summed E-state index contributed by atoms with van der Waals surface area (Å²) in [6.07, 6.45) is 1.52. The molecule has 0 bridgehead atoms. The van der Waals surface area contributed by atoms with Gasteiger partial charge in [-0.3, -0.25) is 9.59 Å². The maximum atomic E-state index is 13.3. The van der Waals surface area contributed by atoms with Crippen LogP contribution in [0.25, 0.3) is 22.2 Å². The fourth-order valence-electron chi connectivity index (χ4n) is 4.23. The van der Waals surface area contributed by atoms with E-state index in [-0.39, 0.29) is 11.5 Å². The first-order valence-corrected chi connectivity index (χ1v) is 10.6. The van der Waals surface area contributed by atoms with Gasteiger partial charge in [0.05, 0.1) is 22.8 Å². The van der Waals surface area contributed by atoms with Crippen LogP contribution in [0.1, 0.15) is 10.4 Å². The maximum absolute atomic E-state index is 13.3. The second-order valence-electron chi connectivity index (χ2n) is 7.80. The number of rotatable bonds is 3. The molecule has 6 rings (SSSR count). The molecule has 1 saturated heterocycles. The van der Waals surface area contributed by atoms with Crippen LogP contribution in [0.15, 0.2) is 65.6 Å². The van der Waals surface area contributed by atoms with Crippen molar-refractivity contribution in [3.63, 3.8) is 0 Å². The number of nitrogens with one attached hydrogen (secondary N) is 1. The molecule has 5 aromatic rings. The van der Waals surface area contributed by atoms with Gasteiger partial charge in [0.2, 0.25) is 5.95 Å². The summed E-state index contributed by atoms with van der Waals surface area (Å²) in [5, 5.41) is 17.0. The molecule has 1 fully saturated rings. The Balaban J connectivity index is 1.25. The fourth-order valence-corrected chi connectivity index (χ4v) is 4.23. The number of carbonyl (C=O) groups is 1. The van der Waals surface area contributed by atoms with Crippen LogP contribution in [0.3, 0.4) is 0 Å². The first kappa shape index (κ1) is 19.2. The monoisotopic (exact) mass is 441 g/mol. The molecular formula is C22H19N9O2. The number of carbonyl (C=O) groups excluding carboxylic acids is 1. The van der Waals surface area contributed by atoms with E-state index in [1.165, 1.54) is 6.20 Å². The van der Waals surface area contributed by atoms with E-state index >= 15 is 0 Å². The van der Waals surface area contributed by atoms with Gasteiger partial charge in [0, 0.05) is 26.2 Å². The molecule has 4 heterocycles. The molecule has 3 aromatic heterocycles. The van der Waals surface area contributed by atoms with Crippen LogP contribution >= 0.6 is 0 Å². The first-order valence-electron chi connectivity index (χ1n) is 10.6. The van der Waals surface area contributed by atoms with Crippen molar-refractivity contribution >= 4 is 28.4 Å². The molecule has 33 heavy (non-hydrogen) atoms. The fraction of sp³-hybridized carbons (Fsp3) is 0.182. The second-order valence-corrected chi connectivity index (χ2v) is 7.80. The zero-order valence-corrected chi connectivity index (χ0v) is 17.5. The molecule has 0 atom stereocenters. The van der Waals surface area contributed by atoms with Gasteiger partial charge in [0.25, 0.3) is 11.5 Å². The van der Waals surface area contributed by atoms with E-state index in [0.29, 0.717) is 54.2 Å². The van der Waals surface area contributed by atoms with Crippen molar-refractivity contribution in [2.45, 2.75) is 0 Å². The number of H-pyrrole nitrogens is 1.